The van der Waals surface area contributed by atoms with Crippen molar-refractivity contribution in [2.45, 2.75) is 32.2 Å². The Morgan fingerprint density at radius 2 is 1.83 bits per heavy atom. The van der Waals surface area contributed by atoms with Gasteiger partial charge in [-0.1, -0.05) is 12.1 Å². The Labute approximate surface area is 203 Å². The molecule has 0 unspecified atom stereocenters. The van der Waals surface area contributed by atoms with E-state index in [-0.39, 0.29) is 11.8 Å². The van der Waals surface area contributed by atoms with Crippen LogP contribution in [0.3, 0.4) is 0 Å². The molecule has 1 aliphatic rings. The van der Waals surface area contributed by atoms with Gasteiger partial charge in [-0.05, 0) is 55.7 Å². The number of anilines is 2. The first-order valence-corrected chi connectivity index (χ1v) is 11.8. The van der Waals surface area contributed by atoms with Crippen molar-refractivity contribution >= 4 is 34.6 Å². The minimum absolute atomic E-state index is 0.0347. The van der Waals surface area contributed by atoms with Gasteiger partial charge in [-0.15, -0.1) is 0 Å². The van der Waals surface area contributed by atoms with Gasteiger partial charge in [0.15, 0.2) is 5.65 Å². The fraction of sp³-hybridized carbons (Fsp3) is 0.269. The van der Waals surface area contributed by atoms with E-state index in [1.807, 2.05) is 27.7 Å². The summed E-state index contributed by atoms with van der Waals surface area (Å²) in [7, 11) is 0. The van der Waals surface area contributed by atoms with Crippen molar-refractivity contribution in [3.05, 3.63) is 77.7 Å². The van der Waals surface area contributed by atoms with Crippen LogP contribution in [0.2, 0.25) is 0 Å². The van der Waals surface area contributed by atoms with Gasteiger partial charge >= 0.3 is 0 Å². The van der Waals surface area contributed by atoms with Gasteiger partial charge in [0.25, 0.3) is 11.8 Å². The second-order valence-corrected chi connectivity index (χ2v) is 8.66. The lowest BCUT2D eigenvalue weighted by atomic mass is 10.1. The number of aromatic nitrogens is 4. The summed E-state index contributed by atoms with van der Waals surface area (Å²) in [5.41, 5.74) is 9.35. The molecular formula is C26H27N7O2. The van der Waals surface area contributed by atoms with Gasteiger partial charge in [0.05, 0.1) is 5.56 Å². The van der Waals surface area contributed by atoms with Crippen LogP contribution >= 0.6 is 0 Å². The number of benzene rings is 1. The van der Waals surface area contributed by atoms with Crippen LogP contribution < -0.4 is 11.1 Å². The van der Waals surface area contributed by atoms with Crippen molar-refractivity contribution in [1.29, 1.82) is 0 Å². The molecule has 1 aliphatic heterocycles. The quantitative estimate of drug-likeness (QED) is 0.417. The fourth-order valence-electron chi connectivity index (χ4n) is 4.34. The minimum atomic E-state index is -0.323. The van der Waals surface area contributed by atoms with Crippen LogP contribution in [0.4, 0.5) is 11.6 Å². The molecule has 0 radical (unpaired) electrons. The molecule has 1 fully saturated rings. The molecule has 9 heteroatoms. The molecular weight excluding hydrogens is 442 g/mol. The first-order chi connectivity index (χ1) is 17.1. The van der Waals surface area contributed by atoms with E-state index in [0.29, 0.717) is 46.9 Å². The molecule has 5 rings (SSSR count). The van der Waals surface area contributed by atoms with E-state index in [1.165, 1.54) is 0 Å². The molecule has 0 aliphatic carbocycles. The second-order valence-electron chi connectivity index (χ2n) is 8.66. The molecule has 3 N–H and O–H groups in total. The molecule has 0 bridgehead atoms. The number of piperidine rings is 1. The third-order valence-corrected chi connectivity index (χ3v) is 6.17. The summed E-state index contributed by atoms with van der Waals surface area (Å²) in [6.45, 7) is 2.03. The van der Waals surface area contributed by atoms with E-state index in [9.17, 15) is 9.59 Å². The first-order valence-electron chi connectivity index (χ1n) is 11.8. The standard InChI is InChI=1S/C26H27N7O2/c27-20-8-6-7-18(15-20)24(34)31-26-30-22-16-19(25(35)32-12-4-1-5-13-32)17-29-23(22)33(26)14-10-21-9-2-3-11-28-21/h2-3,6-9,11,15-17H,1,4-5,10,12-14,27H2,(H,30,31,34). The Balaban J connectivity index is 1.47. The topological polar surface area (TPSA) is 119 Å². The van der Waals surface area contributed by atoms with Crippen LogP contribution in [0.1, 0.15) is 45.7 Å². The Kier molecular flexibility index (Phi) is 6.38. The molecule has 9 nitrogen and oxygen atoms in total. The number of nitrogens with two attached hydrogens (primary N) is 1. The van der Waals surface area contributed by atoms with Crippen molar-refractivity contribution < 1.29 is 9.59 Å². The molecule has 0 spiro atoms. The van der Waals surface area contributed by atoms with Gasteiger partial charge in [0.1, 0.15) is 5.52 Å². The van der Waals surface area contributed by atoms with Crippen LogP contribution in [0.5, 0.6) is 0 Å². The van der Waals surface area contributed by atoms with Crippen molar-refractivity contribution in [3.63, 3.8) is 0 Å². The average molecular weight is 470 g/mol. The normalized spacial score (nSPS) is 13.7. The molecule has 1 saturated heterocycles. The zero-order valence-electron chi connectivity index (χ0n) is 19.4. The predicted molar refractivity (Wildman–Crippen MR) is 134 cm³/mol. The highest BCUT2D eigenvalue weighted by atomic mass is 16.2. The second kappa shape index (κ2) is 9.92. The molecule has 3 aromatic heterocycles. The maximum atomic E-state index is 13.0. The van der Waals surface area contributed by atoms with Crippen LogP contribution in [-0.2, 0) is 13.0 Å². The van der Waals surface area contributed by atoms with Crippen LogP contribution in [-0.4, -0.2) is 49.3 Å². The van der Waals surface area contributed by atoms with Crippen LogP contribution in [0, 0.1) is 0 Å². The fourth-order valence-corrected chi connectivity index (χ4v) is 4.34. The maximum Gasteiger partial charge on any atom is 0.258 e. The molecule has 0 atom stereocenters. The summed E-state index contributed by atoms with van der Waals surface area (Å²) in [4.78, 5) is 41.4. The van der Waals surface area contributed by atoms with Crippen molar-refractivity contribution in [1.82, 2.24) is 24.4 Å². The van der Waals surface area contributed by atoms with Gasteiger partial charge in [0, 0.05) is 55.4 Å². The summed E-state index contributed by atoms with van der Waals surface area (Å²) < 4.78 is 1.85. The third-order valence-electron chi connectivity index (χ3n) is 6.17. The zero-order chi connectivity index (χ0) is 24.2. The number of imidazole rings is 1. The van der Waals surface area contributed by atoms with Crippen molar-refractivity contribution in [2.24, 2.45) is 0 Å². The lowest BCUT2D eigenvalue weighted by molar-refractivity contribution is 0.0724. The highest BCUT2D eigenvalue weighted by molar-refractivity contribution is 6.04. The lowest BCUT2D eigenvalue weighted by Crippen LogP contribution is -2.35. The largest absolute Gasteiger partial charge is 0.399 e. The number of nitrogens with one attached hydrogen (secondary N) is 1. The van der Waals surface area contributed by atoms with E-state index in [0.717, 1.165) is 38.0 Å². The third kappa shape index (κ3) is 4.98. The summed E-state index contributed by atoms with van der Waals surface area (Å²) in [5, 5.41) is 2.89. The van der Waals surface area contributed by atoms with Gasteiger partial charge in [-0.3, -0.25) is 24.5 Å². The predicted octanol–water partition coefficient (Wildman–Crippen LogP) is 3.53. The Hall–Kier alpha value is -4.27. The molecule has 35 heavy (non-hydrogen) atoms. The maximum absolute atomic E-state index is 13.0. The Morgan fingerprint density at radius 3 is 2.60 bits per heavy atom. The van der Waals surface area contributed by atoms with E-state index in [2.05, 4.69) is 20.3 Å². The number of amides is 2. The summed E-state index contributed by atoms with van der Waals surface area (Å²) in [6, 6.07) is 14.3. The Morgan fingerprint density at radius 1 is 0.971 bits per heavy atom. The highest BCUT2D eigenvalue weighted by Crippen LogP contribution is 2.22. The number of likely N-dealkylation sites (tertiary alicyclic amines) is 1. The number of aryl methyl sites for hydroxylation is 2. The summed E-state index contributed by atoms with van der Waals surface area (Å²) >= 11 is 0. The molecule has 4 aromatic rings. The van der Waals surface area contributed by atoms with Gasteiger partial charge < -0.3 is 10.6 Å². The van der Waals surface area contributed by atoms with E-state index in [1.54, 1.807) is 42.7 Å². The summed E-state index contributed by atoms with van der Waals surface area (Å²) in [5.74, 6) is 0.00205. The summed E-state index contributed by atoms with van der Waals surface area (Å²) in [6.07, 6.45) is 7.16. The van der Waals surface area contributed by atoms with Crippen molar-refractivity contribution in [3.8, 4) is 0 Å². The number of hydrogen-bond donors (Lipinski definition) is 2. The number of hydrogen-bond acceptors (Lipinski definition) is 6. The Bertz CT molecular complexity index is 1360. The number of nitrogen functional groups attached to an aromatic ring is 1. The number of pyridine rings is 2. The van der Waals surface area contributed by atoms with E-state index < -0.39 is 0 Å². The van der Waals surface area contributed by atoms with E-state index in [4.69, 9.17) is 5.73 Å². The SMILES string of the molecule is Nc1cccc(C(=O)Nc2nc3cc(C(=O)N4CCCCC4)cnc3n2CCc2ccccn2)c1. The van der Waals surface area contributed by atoms with Crippen LogP contribution in [0.15, 0.2) is 60.9 Å². The van der Waals surface area contributed by atoms with Crippen LogP contribution in [0.25, 0.3) is 11.2 Å². The zero-order valence-corrected chi connectivity index (χ0v) is 19.4. The monoisotopic (exact) mass is 469 g/mol. The van der Waals surface area contributed by atoms with Gasteiger partial charge in [0.2, 0.25) is 5.95 Å². The van der Waals surface area contributed by atoms with Gasteiger partial charge in [-0.25, -0.2) is 9.97 Å². The molecule has 178 valence electrons. The molecule has 1 aromatic carbocycles. The molecule has 0 saturated carbocycles. The van der Waals surface area contributed by atoms with Gasteiger partial charge in [-0.2, -0.15) is 0 Å². The smallest absolute Gasteiger partial charge is 0.258 e. The number of nitrogens with zero attached hydrogens (tertiary/aromatic N) is 5. The molecule has 2 amide bonds. The van der Waals surface area contributed by atoms with Crippen molar-refractivity contribution in [2.75, 3.05) is 24.1 Å². The molecule has 4 heterocycles. The minimum Gasteiger partial charge on any atom is -0.399 e. The first kappa shape index (κ1) is 22.5. The highest BCUT2D eigenvalue weighted by Gasteiger charge is 2.21. The number of carbonyl (C=O) groups is 2. The number of rotatable bonds is 6. The number of carbonyl (C=O) groups excluding carboxylic acids is 2. The average Bonchev–Trinajstić information content (AvgIpc) is 3.24. The number of fused-ring (bicyclic) bond motifs is 1. The lowest BCUT2D eigenvalue weighted by Gasteiger charge is -2.26. The van der Waals surface area contributed by atoms with E-state index >= 15 is 0 Å².